The fraction of sp³-hybridized carbons (Fsp3) is 0.381. The van der Waals surface area contributed by atoms with E-state index in [0.717, 1.165) is 12.1 Å². The van der Waals surface area contributed by atoms with E-state index in [1.165, 1.54) is 39.2 Å². The molecule has 0 heterocycles. The minimum absolute atomic E-state index is 0.189. The van der Waals surface area contributed by atoms with Crippen molar-refractivity contribution in [2.24, 2.45) is 5.73 Å². The fourth-order valence-electron chi connectivity index (χ4n) is 3.41. The number of benzene rings is 2. The van der Waals surface area contributed by atoms with E-state index in [9.17, 15) is 22.7 Å². The van der Waals surface area contributed by atoms with Gasteiger partial charge in [0.15, 0.2) is 5.60 Å². The Bertz CT molecular complexity index is 915. The molecule has 2 aromatic carbocycles. The number of nitrogens with one attached hydrogen (secondary N) is 2. The Morgan fingerprint density at radius 3 is 2.37 bits per heavy atom. The Morgan fingerprint density at radius 2 is 1.80 bits per heavy atom. The average molecular weight is 427 g/mol. The zero-order valence-corrected chi connectivity index (χ0v) is 16.9. The lowest BCUT2D eigenvalue weighted by Gasteiger charge is -2.38. The van der Waals surface area contributed by atoms with E-state index < -0.39 is 36.0 Å². The van der Waals surface area contributed by atoms with E-state index in [1.807, 2.05) is 0 Å². The molecule has 30 heavy (non-hydrogen) atoms. The van der Waals surface area contributed by atoms with Crippen molar-refractivity contribution in [3.63, 3.8) is 0 Å². The van der Waals surface area contributed by atoms with Gasteiger partial charge in [-0.05, 0) is 42.2 Å². The van der Waals surface area contributed by atoms with Crippen LogP contribution in [0.2, 0.25) is 0 Å². The summed E-state index contributed by atoms with van der Waals surface area (Å²) in [5.41, 5.74) is 1.64. The summed E-state index contributed by atoms with van der Waals surface area (Å²) in [6.45, 7) is 2.07. The van der Waals surface area contributed by atoms with Crippen molar-refractivity contribution in [1.82, 2.24) is 0 Å². The molecule has 0 bridgehead atoms. The number of nitrogen functional groups attached to an aromatic ring is 1. The molecule has 9 heteroatoms. The first-order valence-corrected chi connectivity index (χ1v) is 9.11. The van der Waals surface area contributed by atoms with Gasteiger partial charge in [-0.3, -0.25) is 5.41 Å². The molecule has 0 spiro atoms. The zero-order valence-electron chi connectivity index (χ0n) is 16.9. The largest absolute Gasteiger partial charge is 0.496 e. The molecule has 0 saturated heterocycles. The molecular formula is C21H25F4N3O2. The Hall–Kier alpha value is -2.81. The summed E-state index contributed by atoms with van der Waals surface area (Å²) in [5, 5.41) is 20.8. The summed E-state index contributed by atoms with van der Waals surface area (Å²) >= 11 is 0. The normalized spacial score (nSPS) is 14.1. The van der Waals surface area contributed by atoms with Gasteiger partial charge in [0.2, 0.25) is 0 Å². The first kappa shape index (κ1) is 23.5. The van der Waals surface area contributed by atoms with E-state index in [0.29, 0.717) is 0 Å². The number of hydrogen-bond acceptors (Lipinski definition) is 4. The first-order valence-electron chi connectivity index (χ1n) is 9.11. The van der Waals surface area contributed by atoms with E-state index in [-0.39, 0.29) is 28.4 Å². The predicted molar refractivity (Wildman–Crippen MR) is 108 cm³/mol. The third-order valence-electron chi connectivity index (χ3n) is 4.94. The second kappa shape index (κ2) is 8.51. The molecule has 1 unspecified atom stereocenters. The van der Waals surface area contributed by atoms with Crippen molar-refractivity contribution < 1.29 is 27.4 Å². The smallest absolute Gasteiger partial charge is 0.418 e. The molecule has 5 N–H and O–H groups in total. The molecule has 0 aliphatic carbocycles. The Morgan fingerprint density at radius 1 is 1.17 bits per heavy atom. The standard InChI is InChI=1S/C21H25F4N3O2/c1-19(2,15-10-13(22)8-9-17(15)30-3)11-20(29,21(23,24)25)12-28-16-7-5-4-6-14(16)18(26)27/h4-10,28-29H,11-12H2,1-3H3,(H3,26,27). The van der Waals surface area contributed by atoms with Gasteiger partial charge in [0.25, 0.3) is 0 Å². The van der Waals surface area contributed by atoms with Crippen LogP contribution in [0.4, 0.5) is 23.2 Å². The van der Waals surface area contributed by atoms with Gasteiger partial charge in [0, 0.05) is 16.8 Å². The van der Waals surface area contributed by atoms with Crippen molar-refractivity contribution in [2.45, 2.75) is 37.5 Å². The maximum absolute atomic E-state index is 13.9. The average Bonchev–Trinajstić information content (AvgIpc) is 2.65. The monoisotopic (exact) mass is 427 g/mol. The number of rotatable bonds is 8. The molecule has 0 aromatic heterocycles. The van der Waals surface area contributed by atoms with Gasteiger partial charge in [-0.1, -0.05) is 26.0 Å². The summed E-state index contributed by atoms with van der Waals surface area (Å²) in [7, 11) is 1.34. The Balaban J connectivity index is 2.38. The Labute approximate surface area is 172 Å². The number of halogens is 4. The number of methoxy groups -OCH3 is 1. The highest BCUT2D eigenvalue weighted by Gasteiger charge is 2.56. The third-order valence-corrected chi connectivity index (χ3v) is 4.94. The second-order valence-corrected chi connectivity index (χ2v) is 7.75. The van der Waals surface area contributed by atoms with Crippen LogP contribution in [0.5, 0.6) is 5.75 Å². The van der Waals surface area contributed by atoms with Gasteiger partial charge >= 0.3 is 6.18 Å². The number of ether oxygens (including phenoxy) is 1. The van der Waals surface area contributed by atoms with Gasteiger partial charge in [-0.15, -0.1) is 0 Å². The summed E-state index contributed by atoms with van der Waals surface area (Å²) in [4.78, 5) is 0. The SMILES string of the molecule is COc1ccc(F)cc1C(C)(C)CC(O)(CNc1ccccc1C(=N)N)C(F)(F)F. The summed E-state index contributed by atoms with van der Waals surface area (Å²) in [6, 6.07) is 9.70. The second-order valence-electron chi connectivity index (χ2n) is 7.75. The van der Waals surface area contributed by atoms with Crippen LogP contribution < -0.4 is 15.8 Å². The lowest BCUT2D eigenvalue weighted by Crippen LogP contribution is -2.53. The first-order chi connectivity index (χ1) is 13.8. The molecule has 0 aliphatic rings. The molecule has 2 rings (SSSR count). The van der Waals surface area contributed by atoms with Gasteiger partial charge < -0.3 is 20.9 Å². The number of para-hydroxylation sites is 1. The van der Waals surface area contributed by atoms with E-state index >= 15 is 0 Å². The van der Waals surface area contributed by atoms with Crippen molar-refractivity contribution in [3.8, 4) is 5.75 Å². The molecule has 0 aliphatic heterocycles. The third kappa shape index (κ3) is 5.02. The van der Waals surface area contributed by atoms with Gasteiger partial charge in [-0.2, -0.15) is 13.2 Å². The highest BCUT2D eigenvalue weighted by molar-refractivity contribution is 6.00. The zero-order chi connectivity index (χ0) is 22.7. The summed E-state index contributed by atoms with van der Waals surface area (Å²) < 4.78 is 60.7. The molecule has 5 nitrogen and oxygen atoms in total. The molecule has 0 saturated carbocycles. The van der Waals surface area contributed by atoms with Crippen molar-refractivity contribution in [3.05, 3.63) is 59.4 Å². The molecule has 164 valence electrons. The van der Waals surface area contributed by atoms with Gasteiger partial charge in [-0.25, -0.2) is 4.39 Å². The van der Waals surface area contributed by atoms with Crippen LogP contribution >= 0.6 is 0 Å². The molecule has 0 fully saturated rings. The number of amidine groups is 1. The van der Waals surface area contributed by atoms with Crippen LogP contribution in [0.25, 0.3) is 0 Å². The Kier molecular flexibility index (Phi) is 6.66. The highest BCUT2D eigenvalue weighted by atomic mass is 19.4. The molecule has 2 aromatic rings. The van der Waals surface area contributed by atoms with Crippen molar-refractivity contribution in [2.75, 3.05) is 19.0 Å². The van der Waals surface area contributed by atoms with E-state index in [1.54, 1.807) is 12.1 Å². The lowest BCUT2D eigenvalue weighted by molar-refractivity contribution is -0.260. The van der Waals surface area contributed by atoms with Crippen LogP contribution in [-0.4, -0.2) is 36.4 Å². The molecule has 0 amide bonds. The summed E-state index contributed by atoms with van der Waals surface area (Å²) in [6.07, 6.45) is -5.75. The highest BCUT2D eigenvalue weighted by Crippen LogP contribution is 2.43. The van der Waals surface area contributed by atoms with Crippen LogP contribution in [0.1, 0.15) is 31.4 Å². The topological polar surface area (TPSA) is 91.4 Å². The van der Waals surface area contributed by atoms with Crippen LogP contribution in [-0.2, 0) is 5.41 Å². The van der Waals surface area contributed by atoms with Crippen LogP contribution in [0.3, 0.4) is 0 Å². The minimum Gasteiger partial charge on any atom is -0.496 e. The number of aliphatic hydroxyl groups is 1. The van der Waals surface area contributed by atoms with Crippen LogP contribution in [0.15, 0.2) is 42.5 Å². The van der Waals surface area contributed by atoms with Gasteiger partial charge in [0.05, 0.1) is 13.7 Å². The molecule has 0 radical (unpaired) electrons. The number of hydrogen-bond donors (Lipinski definition) is 4. The lowest BCUT2D eigenvalue weighted by atomic mass is 9.74. The maximum Gasteiger partial charge on any atom is 0.418 e. The number of nitrogens with two attached hydrogens (primary N) is 1. The van der Waals surface area contributed by atoms with E-state index in [2.05, 4.69) is 5.32 Å². The quantitative estimate of drug-likeness (QED) is 0.289. The van der Waals surface area contributed by atoms with Crippen LogP contribution in [0, 0.1) is 11.2 Å². The van der Waals surface area contributed by atoms with Crippen molar-refractivity contribution in [1.29, 1.82) is 5.41 Å². The van der Waals surface area contributed by atoms with Gasteiger partial charge in [0.1, 0.15) is 17.4 Å². The number of alkyl halides is 3. The van der Waals surface area contributed by atoms with E-state index in [4.69, 9.17) is 15.9 Å². The maximum atomic E-state index is 13.9. The number of anilines is 1. The van der Waals surface area contributed by atoms with Crippen molar-refractivity contribution >= 4 is 11.5 Å². The summed E-state index contributed by atoms with van der Waals surface area (Å²) in [5.74, 6) is -0.720. The minimum atomic E-state index is -4.98. The fourth-order valence-corrected chi connectivity index (χ4v) is 3.41. The molecule has 1 atom stereocenters. The molecular weight excluding hydrogens is 402 g/mol. The predicted octanol–water partition coefficient (Wildman–Crippen LogP) is 4.19.